The van der Waals surface area contributed by atoms with Crippen molar-refractivity contribution in [3.63, 3.8) is 0 Å². The number of nitrogens with one attached hydrogen (secondary N) is 2. The van der Waals surface area contributed by atoms with Crippen LogP contribution in [-0.2, 0) is 4.79 Å². The molecule has 62 valence electrons. The SMILES string of the molecule is N=CCC(=O)Nc1ccccc1. The molecule has 0 bridgehead atoms. The minimum Gasteiger partial charge on any atom is -0.326 e. The van der Waals surface area contributed by atoms with E-state index in [0.29, 0.717) is 0 Å². The number of para-hydroxylation sites is 1. The van der Waals surface area contributed by atoms with E-state index in [0.717, 1.165) is 11.9 Å². The Hall–Kier alpha value is -1.64. The number of carbonyl (C=O) groups excluding carboxylic acids is 1. The molecule has 12 heavy (non-hydrogen) atoms. The van der Waals surface area contributed by atoms with E-state index in [1.54, 1.807) is 0 Å². The highest BCUT2D eigenvalue weighted by Gasteiger charge is 1.97. The van der Waals surface area contributed by atoms with Crippen molar-refractivity contribution >= 4 is 17.8 Å². The quantitative estimate of drug-likeness (QED) is 0.652. The zero-order valence-corrected chi connectivity index (χ0v) is 6.58. The lowest BCUT2D eigenvalue weighted by Gasteiger charge is -2.00. The Morgan fingerprint density at radius 1 is 1.42 bits per heavy atom. The van der Waals surface area contributed by atoms with Gasteiger partial charge < -0.3 is 10.7 Å². The first-order valence-electron chi connectivity index (χ1n) is 3.67. The molecule has 0 saturated heterocycles. The lowest BCUT2D eigenvalue weighted by molar-refractivity contribution is -0.115. The molecule has 1 aromatic carbocycles. The van der Waals surface area contributed by atoms with Gasteiger partial charge in [0.25, 0.3) is 0 Å². The van der Waals surface area contributed by atoms with Gasteiger partial charge in [-0.25, -0.2) is 0 Å². The van der Waals surface area contributed by atoms with Crippen LogP contribution < -0.4 is 5.32 Å². The molecule has 0 aliphatic heterocycles. The van der Waals surface area contributed by atoms with Gasteiger partial charge in [-0.05, 0) is 12.1 Å². The second-order valence-corrected chi connectivity index (χ2v) is 2.32. The van der Waals surface area contributed by atoms with E-state index < -0.39 is 0 Å². The third-order valence-corrected chi connectivity index (χ3v) is 1.35. The maximum absolute atomic E-state index is 11.0. The average molecular weight is 162 g/mol. The van der Waals surface area contributed by atoms with Crippen molar-refractivity contribution in [1.29, 1.82) is 5.41 Å². The standard InChI is InChI=1S/C9H10N2O/c10-7-6-9(12)11-8-4-2-1-3-5-8/h1-5,7,10H,6H2,(H,11,12). The van der Waals surface area contributed by atoms with Crippen LogP contribution in [0.5, 0.6) is 0 Å². The van der Waals surface area contributed by atoms with Crippen LogP contribution in [0.25, 0.3) is 0 Å². The first-order valence-corrected chi connectivity index (χ1v) is 3.67. The fourth-order valence-corrected chi connectivity index (χ4v) is 0.826. The number of hydrogen-bond donors (Lipinski definition) is 2. The summed E-state index contributed by atoms with van der Waals surface area (Å²) in [7, 11) is 0. The maximum atomic E-state index is 11.0. The molecular formula is C9H10N2O. The Kier molecular flexibility index (Phi) is 3.02. The van der Waals surface area contributed by atoms with Crippen molar-refractivity contribution in [3.8, 4) is 0 Å². The van der Waals surface area contributed by atoms with Crippen molar-refractivity contribution < 1.29 is 4.79 Å². The summed E-state index contributed by atoms with van der Waals surface area (Å²) in [5.74, 6) is -0.156. The summed E-state index contributed by atoms with van der Waals surface area (Å²) in [4.78, 5) is 11.0. The summed E-state index contributed by atoms with van der Waals surface area (Å²) in [5.41, 5.74) is 0.768. The molecule has 0 spiro atoms. The predicted octanol–water partition coefficient (Wildman–Crippen LogP) is 1.66. The Balaban J connectivity index is 2.52. The van der Waals surface area contributed by atoms with Crippen molar-refractivity contribution in [1.82, 2.24) is 0 Å². The van der Waals surface area contributed by atoms with Crippen LogP contribution in [0, 0.1) is 5.41 Å². The molecular weight excluding hydrogens is 152 g/mol. The van der Waals surface area contributed by atoms with Crippen molar-refractivity contribution in [2.24, 2.45) is 0 Å². The van der Waals surface area contributed by atoms with Gasteiger partial charge in [0, 0.05) is 11.9 Å². The van der Waals surface area contributed by atoms with E-state index in [2.05, 4.69) is 5.32 Å². The average Bonchev–Trinajstić information content (AvgIpc) is 2.06. The Bertz CT molecular complexity index is 269. The van der Waals surface area contributed by atoms with Crippen molar-refractivity contribution in [3.05, 3.63) is 30.3 Å². The van der Waals surface area contributed by atoms with Crippen molar-refractivity contribution in [2.45, 2.75) is 6.42 Å². The van der Waals surface area contributed by atoms with Gasteiger partial charge in [0.05, 0.1) is 6.42 Å². The van der Waals surface area contributed by atoms with Gasteiger partial charge >= 0.3 is 0 Å². The molecule has 3 heteroatoms. The van der Waals surface area contributed by atoms with Gasteiger partial charge in [-0.15, -0.1) is 0 Å². The maximum Gasteiger partial charge on any atom is 0.229 e. The Morgan fingerprint density at radius 2 is 2.08 bits per heavy atom. The number of carbonyl (C=O) groups is 1. The second kappa shape index (κ2) is 4.28. The summed E-state index contributed by atoms with van der Waals surface area (Å²) in [6, 6.07) is 9.19. The number of rotatable bonds is 3. The molecule has 0 atom stereocenters. The van der Waals surface area contributed by atoms with E-state index in [4.69, 9.17) is 5.41 Å². The van der Waals surface area contributed by atoms with E-state index >= 15 is 0 Å². The van der Waals surface area contributed by atoms with Crippen LogP contribution in [0.1, 0.15) is 6.42 Å². The predicted molar refractivity (Wildman–Crippen MR) is 48.5 cm³/mol. The second-order valence-electron chi connectivity index (χ2n) is 2.32. The highest BCUT2D eigenvalue weighted by atomic mass is 16.1. The highest BCUT2D eigenvalue weighted by molar-refractivity contribution is 5.98. The lowest BCUT2D eigenvalue weighted by Crippen LogP contribution is -2.10. The molecule has 0 fully saturated rings. The number of amides is 1. The van der Waals surface area contributed by atoms with Gasteiger partial charge in [-0.1, -0.05) is 18.2 Å². The van der Waals surface area contributed by atoms with Gasteiger partial charge in [-0.3, -0.25) is 4.79 Å². The van der Waals surface area contributed by atoms with Gasteiger partial charge in [-0.2, -0.15) is 0 Å². The zero-order chi connectivity index (χ0) is 8.81. The summed E-state index contributed by atoms with van der Waals surface area (Å²) in [6.45, 7) is 0. The third kappa shape index (κ3) is 2.54. The third-order valence-electron chi connectivity index (χ3n) is 1.35. The fraction of sp³-hybridized carbons (Fsp3) is 0.111. The summed E-state index contributed by atoms with van der Waals surface area (Å²) in [6.07, 6.45) is 1.22. The summed E-state index contributed by atoms with van der Waals surface area (Å²) < 4.78 is 0. The summed E-state index contributed by atoms with van der Waals surface area (Å²) in [5, 5.41) is 9.37. The van der Waals surface area contributed by atoms with Crippen LogP contribution in [0.4, 0.5) is 5.69 Å². The first-order chi connectivity index (χ1) is 5.83. The molecule has 2 N–H and O–H groups in total. The molecule has 0 aliphatic rings. The highest BCUT2D eigenvalue weighted by Crippen LogP contribution is 2.04. The zero-order valence-electron chi connectivity index (χ0n) is 6.58. The molecule has 1 rings (SSSR count). The normalized spacial score (nSPS) is 9.00. The lowest BCUT2D eigenvalue weighted by atomic mass is 10.3. The van der Waals surface area contributed by atoms with E-state index in [1.807, 2.05) is 30.3 Å². The summed E-state index contributed by atoms with van der Waals surface area (Å²) >= 11 is 0. The molecule has 1 amide bonds. The monoisotopic (exact) mass is 162 g/mol. The van der Waals surface area contributed by atoms with Crippen LogP contribution in [-0.4, -0.2) is 12.1 Å². The molecule has 0 aromatic heterocycles. The molecule has 3 nitrogen and oxygen atoms in total. The Labute approximate surface area is 70.9 Å². The van der Waals surface area contributed by atoms with E-state index in [-0.39, 0.29) is 12.3 Å². The fourth-order valence-electron chi connectivity index (χ4n) is 0.826. The number of benzene rings is 1. The van der Waals surface area contributed by atoms with Crippen LogP contribution in [0.2, 0.25) is 0 Å². The topological polar surface area (TPSA) is 53.0 Å². The molecule has 0 radical (unpaired) electrons. The molecule has 0 unspecified atom stereocenters. The van der Waals surface area contributed by atoms with E-state index in [1.165, 1.54) is 0 Å². The van der Waals surface area contributed by atoms with Gasteiger partial charge in [0.15, 0.2) is 0 Å². The van der Waals surface area contributed by atoms with Crippen LogP contribution in [0.3, 0.4) is 0 Å². The van der Waals surface area contributed by atoms with Gasteiger partial charge in [0.2, 0.25) is 5.91 Å². The van der Waals surface area contributed by atoms with Crippen LogP contribution in [0.15, 0.2) is 30.3 Å². The Morgan fingerprint density at radius 3 is 2.67 bits per heavy atom. The van der Waals surface area contributed by atoms with Gasteiger partial charge in [0.1, 0.15) is 0 Å². The largest absolute Gasteiger partial charge is 0.326 e. The van der Waals surface area contributed by atoms with Crippen LogP contribution >= 0.6 is 0 Å². The smallest absolute Gasteiger partial charge is 0.229 e. The molecule has 0 heterocycles. The molecule has 0 saturated carbocycles. The number of hydrogen-bond acceptors (Lipinski definition) is 2. The molecule has 1 aromatic rings. The van der Waals surface area contributed by atoms with Crippen molar-refractivity contribution in [2.75, 3.05) is 5.32 Å². The molecule has 0 aliphatic carbocycles. The first kappa shape index (κ1) is 8.46. The minimum atomic E-state index is -0.156. The van der Waals surface area contributed by atoms with E-state index in [9.17, 15) is 4.79 Å². The number of anilines is 1. The minimum absolute atomic E-state index is 0.134.